The lowest BCUT2D eigenvalue weighted by molar-refractivity contribution is -0.146. The lowest BCUT2D eigenvalue weighted by Crippen LogP contribution is -2.47. The lowest BCUT2D eigenvalue weighted by Gasteiger charge is -2.19. The van der Waals surface area contributed by atoms with E-state index in [1.807, 2.05) is 0 Å². The molecule has 1 amide bonds. The largest absolute Gasteiger partial charge is 0.467 e. The SMILES string of the molecule is COC(=O)[C@@H](Cc1cccc(C(F)(F)F)c1)NC(=O)[C@H]1CCCO1. The van der Waals surface area contributed by atoms with Crippen molar-refractivity contribution in [2.45, 2.75) is 37.6 Å². The zero-order valence-corrected chi connectivity index (χ0v) is 13.1. The van der Waals surface area contributed by atoms with Gasteiger partial charge in [0.05, 0.1) is 12.7 Å². The number of carbonyl (C=O) groups excluding carboxylic acids is 2. The molecule has 0 bridgehead atoms. The molecule has 1 heterocycles. The van der Waals surface area contributed by atoms with E-state index in [-0.39, 0.29) is 12.0 Å². The summed E-state index contributed by atoms with van der Waals surface area (Å²) in [4.78, 5) is 23.9. The molecule has 2 rings (SSSR count). The van der Waals surface area contributed by atoms with Crippen molar-refractivity contribution in [1.29, 1.82) is 0 Å². The van der Waals surface area contributed by atoms with Gasteiger partial charge in [-0.25, -0.2) is 4.79 Å². The van der Waals surface area contributed by atoms with Gasteiger partial charge < -0.3 is 14.8 Å². The van der Waals surface area contributed by atoms with Gasteiger partial charge in [0.2, 0.25) is 5.91 Å². The summed E-state index contributed by atoms with van der Waals surface area (Å²) in [6.07, 6.45) is -3.93. The molecule has 1 aromatic rings. The first-order valence-electron chi connectivity index (χ1n) is 7.47. The molecule has 1 saturated heterocycles. The summed E-state index contributed by atoms with van der Waals surface area (Å²) in [6.45, 7) is 0.467. The van der Waals surface area contributed by atoms with E-state index in [1.54, 1.807) is 0 Å². The maximum absolute atomic E-state index is 12.8. The van der Waals surface area contributed by atoms with Gasteiger partial charge >= 0.3 is 12.1 Å². The third kappa shape index (κ3) is 4.70. The number of esters is 1. The third-order valence-corrected chi connectivity index (χ3v) is 3.72. The van der Waals surface area contributed by atoms with E-state index in [0.717, 1.165) is 25.7 Å². The number of ether oxygens (including phenoxy) is 2. The quantitative estimate of drug-likeness (QED) is 0.830. The van der Waals surface area contributed by atoms with E-state index in [1.165, 1.54) is 12.1 Å². The van der Waals surface area contributed by atoms with Gasteiger partial charge in [0.25, 0.3) is 0 Å². The topological polar surface area (TPSA) is 64.6 Å². The number of hydrogen-bond donors (Lipinski definition) is 1. The molecule has 5 nitrogen and oxygen atoms in total. The first-order chi connectivity index (χ1) is 11.3. The van der Waals surface area contributed by atoms with Crippen LogP contribution < -0.4 is 5.32 Å². The molecule has 0 radical (unpaired) electrons. The molecule has 0 saturated carbocycles. The van der Waals surface area contributed by atoms with Gasteiger partial charge in [-0.1, -0.05) is 18.2 Å². The van der Waals surface area contributed by atoms with Crippen LogP contribution in [-0.4, -0.2) is 37.7 Å². The molecule has 1 aromatic carbocycles. The minimum Gasteiger partial charge on any atom is -0.467 e. The van der Waals surface area contributed by atoms with Crippen molar-refractivity contribution >= 4 is 11.9 Å². The Kier molecular flexibility index (Phi) is 5.82. The molecule has 132 valence electrons. The van der Waals surface area contributed by atoms with E-state index in [4.69, 9.17) is 4.74 Å². The molecule has 1 aliphatic rings. The van der Waals surface area contributed by atoms with Crippen molar-refractivity contribution in [3.8, 4) is 0 Å². The van der Waals surface area contributed by atoms with Crippen molar-refractivity contribution in [2.75, 3.05) is 13.7 Å². The Bertz CT molecular complexity index is 597. The van der Waals surface area contributed by atoms with Crippen LogP contribution in [-0.2, 0) is 31.7 Å². The number of alkyl halides is 3. The molecule has 24 heavy (non-hydrogen) atoms. The summed E-state index contributed by atoms with van der Waals surface area (Å²) in [5, 5.41) is 2.50. The molecule has 8 heteroatoms. The van der Waals surface area contributed by atoms with Crippen molar-refractivity contribution in [3.05, 3.63) is 35.4 Å². The molecule has 1 aliphatic heterocycles. The molecular formula is C16H18F3NO4. The molecule has 0 unspecified atom stereocenters. The van der Waals surface area contributed by atoms with Crippen LogP contribution in [0, 0.1) is 0 Å². The molecule has 2 atom stereocenters. The maximum Gasteiger partial charge on any atom is 0.416 e. The fourth-order valence-electron chi connectivity index (χ4n) is 2.49. The molecule has 1 N–H and O–H groups in total. The Morgan fingerprint density at radius 1 is 1.42 bits per heavy atom. The Hall–Kier alpha value is -2.09. The molecule has 0 spiro atoms. The summed E-state index contributed by atoms with van der Waals surface area (Å²) in [7, 11) is 1.15. The number of rotatable bonds is 5. The van der Waals surface area contributed by atoms with Crippen molar-refractivity contribution in [3.63, 3.8) is 0 Å². The average Bonchev–Trinajstić information content (AvgIpc) is 3.07. The lowest BCUT2D eigenvalue weighted by atomic mass is 10.0. The summed E-state index contributed by atoms with van der Waals surface area (Å²) in [5.74, 6) is -1.19. The van der Waals surface area contributed by atoms with Crippen LogP contribution in [0.15, 0.2) is 24.3 Å². The number of benzene rings is 1. The highest BCUT2D eigenvalue weighted by atomic mass is 19.4. The van der Waals surface area contributed by atoms with Gasteiger partial charge in [-0.05, 0) is 24.5 Å². The van der Waals surface area contributed by atoms with Crippen LogP contribution in [0.2, 0.25) is 0 Å². The number of hydrogen-bond acceptors (Lipinski definition) is 4. The van der Waals surface area contributed by atoms with Gasteiger partial charge in [-0.2, -0.15) is 13.2 Å². The van der Waals surface area contributed by atoms with Gasteiger partial charge in [-0.3, -0.25) is 4.79 Å². The fourth-order valence-corrected chi connectivity index (χ4v) is 2.49. The summed E-state index contributed by atoms with van der Waals surface area (Å²) < 4.78 is 48.2. The Labute approximate surface area is 137 Å². The Morgan fingerprint density at radius 3 is 2.75 bits per heavy atom. The van der Waals surface area contributed by atoms with Crippen LogP contribution in [0.1, 0.15) is 24.0 Å². The normalized spacial score (nSPS) is 18.9. The monoisotopic (exact) mass is 345 g/mol. The molecule has 1 fully saturated rings. The minimum atomic E-state index is -4.47. The van der Waals surface area contributed by atoms with Crippen molar-refractivity contribution < 1.29 is 32.2 Å². The van der Waals surface area contributed by atoms with Gasteiger partial charge in [-0.15, -0.1) is 0 Å². The number of methoxy groups -OCH3 is 1. The fraction of sp³-hybridized carbons (Fsp3) is 0.500. The zero-order valence-electron chi connectivity index (χ0n) is 13.1. The predicted octanol–water partition coefficient (Wildman–Crippen LogP) is 2.08. The Balaban J connectivity index is 2.11. The third-order valence-electron chi connectivity index (χ3n) is 3.72. The van der Waals surface area contributed by atoms with E-state index >= 15 is 0 Å². The second-order valence-corrected chi connectivity index (χ2v) is 5.49. The smallest absolute Gasteiger partial charge is 0.416 e. The van der Waals surface area contributed by atoms with Crippen LogP contribution in [0.4, 0.5) is 13.2 Å². The first-order valence-corrected chi connectivity index (χ1v) is 7.47. The summed E-state index contributed by atoms with van der Waals surface area (Å²) >= 11 is 0. The van der Waals surface area contributed by atoms with E-state index in [0.29, 0.717) is 13.0 Å². The van der Waals surface area contributed by atoms with E-state index < -0.39 is 35.8 Å². The summed E-state index contributed by atoms with van der Waals surface area (Å²) in [6, 6.07) is 3.54. The van der Waals surface area contributed by atoms with Gasteiger partial charge in [0, 0.05) is 13.0 Å². The second-order valence-electron chi connectivity index (χ2n) is 5.49. The zero-order chi connectivity index (χ0) is 17.7. The van der Waals surface area contributed by atoms with Crippen molar-refractivity contribution in [1.82, 2.24) is 5.32 Å². The predicted molar refractivity (Wildman–Crippen MR) is 78.1 cm³/mol. The van der Waals surface area contributed by atoms with Gasteiger partial charge in [0.1, 0.15) is 12.1 Å². The van der Waals surface area contributed by atoms with Crippen LogP contribution >= 0.6 is 0 Å². The first kappa shape index (κ1) is 18.3. The van der Waals surface area contributed by atoms with E-state index in [9.17, 15) is 22.8 Å². The van der Waals surface area contributed by atoms with Crippen LogP contribution in [0.3, 0.4) is 0 Å². The number of halogens is 3. The van der Waals surface area contributed by atoms with E-state index in [2.05, 4.69) is 10.1 Å². The molecule has 0 aromatic heterocycles. The Morgan fingerprint density at radius 2 is 2.17 bits per heavy atom. The standard InChI is InChI=1S/C16H18F3NO4/c1-23-15(22)12(20-14(21)13-6-3-7-24-13)9-10-4-2-5-11(8-10)16(17,18)19/h2,4-5,8,12-13H,3,6-7,9H2,1H3,(H,20,21)/t12-,13-/m1/s1. The van der Waals surface area contributed by atoms with Gasteiger partial charge in [0.15, 0.2) is 0 Å². The molecule has 0 aliphatic carbocycles. The second kappa shape index (κ2) is 7.65. The van der Waals surface area contributed by atoms with Crippen molar-refractivity contribution in [2.24, 2.45) is 0 Å². The maximum atomic E-state index is 12.8. The summed E-state index contributed by atoms with van der Waals surface area (Å²) in [5.41, 5.74) is -0.540. The molecular weight excluding hydrogens is 327 g/mol. The van der Waals surface area contributed by atoms with Crippen LogP contribution in [0.5, 0.6) is 0 Å². The number of nitrogens with one attached hydrogen (secondary N) is 1. The number of amides is 1. The van der Waals surface area contributed by atoms with Crippen LogP contribution in [0.25, 0.3) is 0 Å². The average molecular weight is 345 g/mol. The highest BCUT2D eigenvalue weighted by Crippen LogP contribution is 2.29. The minimum absolute atomic E-state index is 0.102. The highest BCUT2D eigenvalue weighted by molar-refractivity contribution is 5.87. The number of carbonyl (C=O) groups is 2. The highest BCUT2D eigenvalue weighted by Gasteiger charge is 2.32.